The van der Waals surface area contributed by atoms with Crippen molar-refractivity contribution in [2.75, 3.05) is 13.2 Å². The number of fused-ring (bicyclic) bond motifs is 1. The highest BCUT2D eigenvalue weighted by Crippen LogP contribution is 2.31. The maximum atomic E-state index is 12.5. The molecule has 3 nitrogen and oxygen atoms in total. The third-order valence-electron chi connectivity index (χ3n) is 3.19. The number of para-hydroxylation sites is 1. The van der Waals surface area contributed by atoms with Crippen molar-refractivity contribution in [3.8, 4) is 5.75 Å². The summed E-state index contributed by atoms with van der Waals surface area (Å²) in [6.45, 7) is 7.13. The third kappa shape index (κ3) is 2.41. The summed E-state index contributed by atoms with van der Waals surface area (Å²) in [6.07, 6.45) is 0.503. The molecule has 98 valence electrons. The van der Waals surface area contributed by atoms with Crippen LogP contribution in [0.5, 0.6) is 5.75 Å². The Morgan fingerprint density at radius 2 is 2.22 bits per heavy atom. The number of Topliss-reactive ketones (excluding diaryl/α,β-unsaturated/α-hetero) is 1. The van der Waals surface area contributed by atoms with Crippen molar-refractivity contribution in [3.05, 3.63) is 29.3 Å². The van der Waals surface area contributed by atoms with Crippen LogP contribution in [0.1, 0.15) is 36.7 Å². The van der Waals surface area contributed by atoms with E-state index in [0.29, 0.717) is 18.8 Å². The number of hydrogen-bond donors (Lipinski definition) is 0. The van der Waals surface area contributed by atoms with Crippen LogP contribution in [-0.2, 0) is 11.2 Å². The number of carbonyl (C=O) groups excluding carboxylic acids is 1. The highest BCUT2D eigenvalue weighted by molar-refractivity contribution is 6.02. The zero-order valence-corrected chi connectivity index (χ0v) is 11.2. The lowest BCUT2D eigenvalue weighted by molar-refractivity contribution is 0.0277. The Morgan fingerprint density at radius 1 is 1.44 bits per heavy atom. The Hall–Kier alpha value is -1.35. The number of ketones is 1. The van der Waals surface area contributed by atoms with Crippen LogP contribution in [0.4, 0.5) is 0 Å². The summed E-state index contributed by atoms with van der Waals surface area (Å²) in [5.41, 5.74) is 1.79. The Labute approximate surface area is 108 Å². The second-order valence-electron chi connectivity index (χ2n) is 4.88. The molecule has 1 aliphatic rings. The first-order valence-electron chi connectivity index (χ1n) is 6.55. The van der Waals surface area contributed by atoms with Gasteiger partial charge in [0, 0.05) is 13.0 Å². The lowest BCUT2D eigenvalue weighted by Gasteiger charge is -2.20. The van der Waals surface area contributed by atoms with E-state index in [9.17, 15) is 4.79 Å². The standard InChI is InChI=1S/C15H20O3/c1-4-17-14(10(2)3)13(16)12-7-5-6-11-8-9-18-15(11)12/h5-7,10,14H,4,8-9H2,1-3H3. The first-order valence-corrected chi connectivity index (χ1v) is 6.55. The molecule has 0 bridgehead atoms. The Bertz CT molecular complexity index is 437. The van der Waals surface area contributed by atoms with E-state index in [1.54, 1.807) is 0 Å². The van der Waals surface area contributed by atoms with Gasteiger partial charge in [0.15, 0.2) is 5.78 Å². The quantitative estimate of drug-likeness (QED) is 0.752. The highest BCUT2D eigenvalue weighted by atomic mass is 16.5. The van der Waals surface area contributed by atoms with Gasteiger partial charge in [0.1, 0.15) is 11.9 Å². The van der Waals surface area contributed by atoms with E-state index in [1.165, 1.54) is 0 Å². The SMILES string of the molecule is CCOC(C(=O)c1cccc2c1OCC2)C(C)C. The van der Waals surface area contributed by atoms with Crippen LogP contribution in [0.2, 0.25) is 0 Å². The van der Waals surface area contributed by atoms with Gasteiger partial charge in [0.2, 0.25) is 0 Å². The third-order valence-corrected chi connectivity index (χ3v) is 3.19. The number of benzene rings is 1. The van der Waals surface area contributed by atoms with Gasteiger partial charge < -0.3 is 9.47 Å². The van der Waals surface area contributed by atoms with Gasteiger partial charge in [0.05, 0.1) is 12.2 Å². The summed E-state index contributed by atoms with van der Waals surface area (Å²) in [5.74, 6) is 0.952. The fraction of sp³-hybridized carbons (Fsp3) is 0.533. The minimum atomic E-state index is -0.384. The molecule has 0 aliphatic carbocycles. The van der Waals surface area contributed by atoms with Crippen LogP contribution in [-0.4, -0.2) is 25.1 Å². The topological polar surface area (TPSA) is 35.5 Å². The zero-order chi connectivity index (χ0) is 13.1. The number of ether oxygens (including phenoxy) is 2. The van der Waals surface area contributed by atoms with E-state index in [0.717, 1.165) is 17.7 Å². The predicted molar refractivity (Wildman–Crippen MR) is 70.2 cm³/mol. The first kappa shape index (κ1) is 13.1. The monoisotopic (exact) mass is 248 g/mol. The summed E-state index contributed by atoms with van der Waals surface area (Å²) < 4.78 is 11.2. The number of carbonyl (C=O) groups is 1. The molecule has 0 radical (unpaired) electrons. The molecule has 18 heavy (non-hydrogen) atoms. The Balaban J connectivity index is 2.30. The molecule has 3 heteroatoms. The van der Waals surface area contributed by atoms with Crippen molar-refractivity contribution in [1.82, 2.24) is 0 Å². The van der Waals surface area contributed by atoms with Crippen LogP contribution in [0.15, 0.2) is 18.2 Å². The molecule has 0 saturated carbocycles. The van der Waals surface area contributed by atoms with Crippen molar-refractivity contribution in [2.45, 2.75) is 33.3 Å². The second kappa shape index (κ2) is 5.53. The predicted octanol–water partition coefficient (Wildman–Crippen LogP) is 2.87. The van der Waals surface area contributed by atoms with Gasteiger partial charge in [-0.1, -0.05) is 26.0 Å². The molecule has 1 heterocycles. The molecule has 0 saturated heterocycles. The van der Waals surface area contributed by atoms with Gasteiger partial charge in [-0.15, -0.1) is 0 Å². The van der Waals surface area contributed by atoms with Gasteiger partial charge in [-0.3, -0.25) is 4.79 Å². The van der Waals surface area contributed by atoms with Crippen LogP contribution in [0.3, 0.4) is 0 Å². The molecule has 1 aromatic carbocycles. The molecule has 0 spiro atoms. The van der Waals surface area contributed by atoms with Gasteiger partial charge in [0.25, 0.3) is 0 Å². The lowest BCUT2D eigenvalue weighted by atomic mass is 9.95. The summed E-state index contributed by atoms with van der Waals surface area (Å²) in [6, 6.07) is 5.77. The van der Waals surface area contributed by atoms with Crippen LogP contribution in [0.25, 0.3) is 0 Å². The molecule has 0 aromatic heterocycles. The highest BCUT2D eigenvalue weighted by Gasteiger charge is 2.28. The van der Waals surface area contributed by atoms with Crippen LogP contribution < -0.4 is 4.74 Å². The van der Waals surface area contributed by atoms with Crippen molar-refractivity contribution >= 4 is 5.78 Å². The van der Waals surface area contributed by atoms with E-state index in [2.05, 4.69) is 0 Å². The molecule has 0 fully saturated rings. The molecule has 0 amide bonds. The van der Waals surface area contributed by atoms with E-state index >= 15 is 0 Å². The molecular weight excluding hydrogens is 228 g/mol. The smallest absolute Gasteiger partial charge is 0.195 e. The van der Waals surface area contributed by atoms with Crippen molar-refractivity contribution in [2.24, 2.45) is 5.92 Å². The zero-order valence-electron chi connectivity index (χ0n) is 11.2. The van der Waals surface area contributed by atoms with Crippen LogP contribution in [0, 0.1) is 5.92 Å². The van der Waals surface area contributed by atoms with Crippen molar-refractivity contribution in [3.63, 3.8) is 0 Å². The minimum absolute atomic E-state index is 0.0330. The van der Waals surface area contributed by atoms with Gasteiger partial charge in [-0.2, -0.15) is 0 Å². The number of rotatable bonds is 5. The largest absolute Gasteiger partial charge is 0.492 e. The summed E-state index contributed by atoms with van der Waals surface area (Å²) >= 11 is 0. The van der Waals surface area contributed by atoms with Crippen LogP contribution >= 0.6 is 0 Å². The van der Waals surface area contributed by atoms with E-state index in [-0.39, 0.29) is 17.8 Å². The summed E-state index contributed by atoms with van der Waals surface area (Å²) in [4.78, 5) is 12.5. The Morgan fingerprint density at radius 3 is 2.89 bits per heavy atom. The fourth-order valence-electron chi connectivity index (χ4n) is 2.31. The first-order chi connectivity index (χ1) is 8.65. The average Bonchev–Trinajstić information content (AvgIpc) is 2.82. The van der Waals surface area contributed by atoms with E-state index < -0.39 is 0 Å². The average molecular weight is 248 g/mol. The maximum Gasteiger partial charge on any atom is 0.195 e. The van der Waals surface area contributed by atoms with Crippen molar-refractivity contribution < 1.29 is 14.3 Å². The molecule has 2 rings (SSSR count). The normalized spacial score (nSPS) is 15.3. The fourth-order valence-corrected chi connectivity index (χ4v) is 2.31. The molecule has 1 aliphatic heterocycles. The molecule has 1 aromatic rings. The second-order valence-corrected chi connectivity index (χ2v) is 4.88. The van der Waals surface area contributed by atoms with Gasteiger partial charge in [-0.25, -0.2) is 0 Å². The lowest BCUT2D eigenvalue weighted by Crippen LogP contribution is -2.30. The van der Waals surface area contributed by atoms with Gasteiger partial charge in [-0.05, 0) is 24.5 Å². The van der Waals surface area contributed by atoms with Gasteiger partial charge >= 0.3 is 0 Å². The minimum Gasteiger partial charge on any atom is -0.492 e. The molecule has 1 unspecified atom stereocenters. The van der Waals surface area contributed by atoms with E-state index in [1.807, 2.05) is 39.0 Å². The summed E-state index contributed by atoms with van der Waals surface area (Å²) in [5, 5.41) is 0. The maximum absolute atomic E-state index is 12.5. The summed E-state index contributed by atoms with van der Waals surface area (Å²) in [7, 11) is 0. The molecular formula is C15H20O3. The van der Waals surface area contributed by atoms with E-state index in [4.69, 9.17) is 9.47 Å². The molecule has 0 N–H and O–H groups in total. The number of hydrogen-bond acceptors (Lipinski definition) is 3. The van der Waals surface area contributed by atoms with Crippen molar-refractivity contribution in [1.29, 1.82) is 0 Å². The Kier molecular flexibility index (Phi) is 4.02. The molecule has 1 atom stereocenters.